The number of benzene rings is 1. The van der Waals surface area contributed by atoms with Crippen molar-refractivity contribution in [2.45, 2.75) is 24.5 Å². The van der Waals surface area contributed by atoms with Gasteiger partial charge in [0, 0.05) is 38.7 Å². The van der Waals surface area contributed by atoms with Crippen LogP contribution >= 0.6 is 0 Å². The molecule has 4 nitrogen and oxygen atoms in total. The Balaban J connectivity index is 2.30. The van der Waals surface area contributed by atoms with Crippen molar-refractivity contribution < 1.29 is 14.2 Å². The normalized spacial score (nSPS) is 20.4. The van der Waals surface area contributed by atoms with Crippen molar-refractivity contribution in [1.29, 1.82) is 0 Å². The van der Waals surface area contributed by atoms with Gasteiger partial charge >= 0.3 is 0 Å². The van der Waals surface area contributed by atoms with Crippen molar-refractivity contribution >= 4 is 0 Å². The summed E-state index contributed by atoms with van der Waals surface area (Å²) >= 11 is 0. The summed E-state index contributed by atoms with van der Waals surface area (Å²) in [5, 5.41) is 0. The molecule has 0 radical (unpaired) electrons. The molecule has 1 saturated heterocycles. The van der Waals surface area contributed by atoms with Crippen LogP contribution in [-0.4, -0.2) is 33.0 Å². The predicted molar refractivity (Wildman–Crippen MR) is 69.7 cm³/mol. The molecule has 1 unspecified atom stereocenters. The Bertz CT molecular complexity index is 388. The Hall–Kier alpha value is -1.10. The third-order valence-electron chi connectivity index (χ3n) is 3.79. The monoisotopic (exact) mass is 251 g/mol. The lowest BCUT2D eigenvalue weighted by atomic mass is 9.82. The molecule has 0 spiro atoms. The average molecular weight is 251 g/mol. The van der Waals surface area contributed by atoms with Crippen LogP contribution in [0.3, 0.4) is 0 Å². The molecule has 1 heterocycles. The van der Waals surface area contributed by atoms with E-state index in [0.717, 1.165) is 24.2 Å². The third-order valence-corrected chi connectivity index (χ3v) is 3.79. The number of nitrogens with two attached hydrogens (primary N) is 1. The zero-order valence-corrected chi connectivity index (χ0v) is 11.0. The van der Waals surface area contributed by atoms with Gasteiger partial charge in [0.15, 0.2) is 0 Å². The molecule has 0 saturated carbocycles. The van der Waals surface area contributed by atoms with E-state index in [0.29, 0.717) is 13.2 Å². The largest absolute Gasteiger partial charge is 0.496 e. The molecule has 1 fully saturated rings. The second-order valence-electron chi connectivity index (χ2n) is 4.60. The standard InChI is InChI=1S/C14H21NO3/c1-16-12-6-4-3-5-11(12)13(15)14(17-2)7-9-18-10-8-14/h3-6,13H,7-10,15H2,1-2H3. The van der Waals surface area contributed by atoms with E-state index in [-0.39, 0.29) is 11.6 Å². The van der Waals surface area contributed by atoms with Gasteiger partial charge in [0.05, 0.1) is 18.8 Å². The minimum atomic E-state index is -0.354. The quantitative estimate of drug-likeness (QED) is 0.888. The van der Waals surface area contributed by atoms with Crippen LogP contribution in [0.5, 0.6) is 5.75 Å². The van der Waals surface area contributed by atoms with E-state index in [1.807, 2.05) is 24.3 Å². The second-order valence-corrected chi connectivity index (χ2v) is 4.60. The van der Waals surface area contributed by atoms with Crippen LogP contribution in [0.1, 0.15) is 24.4 Å². The van der Waals surface area contributed by atoms with Crippen LogP contribution < -0.4 is 10.5 Å². The summed E-state index contributed by atoms with van der Waals surface area (Å²) < 4.78 is 16.5. The molecule has 1 atom stereocenters. The van der Waals surface area contributed by atoms with Gasteiger partial charge in [-0.25, -0.2) is 0 Å². The van der Waals surface area contributed by atoms with E-state index < -0.39 is 0 Å². The number of hydrogen-bond acceptors (Lipinski definition) is 4. The molecular weight excluding hydrogens is 230 g/mol. The summed E-state index contributed by atoms with van der Waals surface area (Å²) in [5.41, 5.74) is 7.07. The van der Waals surface area contributed by atoms with Crippen molar-refractivity contribution in [3.63, 3.8) is 0 Å². The molecule has 1 aliphatic heterocycles. The first-order chi connectivity index (χ1) is 8.73. The molecule has 2 N–H and O–H groups in total. The van der Waals surface area contributed by atoms with Gasteiger partial charge in [-0.3, -0.25) is 0 Å². The minimum Gasteiger partial charge on any atom is -0.496 e. The highest BCUT2D eigenvalue weighted by Gasteiger charge is 2.40. The van der Waals surface area contributed by atoms with E-state index in [2.05, 4.69) is 0 Å². The first kappa shape index (κ1) is 13.3. The number of methoxy groups -OCH3 is 2. The summed E-state index contributed by atoms with van der Waals surface area (Å²) in [7, 11) is 3.38. The van der Waals surface area contributed by atoms with Crippen LogP contribution in [0.4, 0.5) is 0 Å². The molecule has 2 rings (SSSR count). The lowest BCUT2D eigenvalue weighted by Gasteiger charge is -2.41. The first-order valence-electron chi connectivity index (χ1n) is 6.25. The molecule has 18 heavy (non-hydrogen) atoms. The second kappa shape index (κ2) is 5.69. The van der Waals surface area contributed by atoms with Crippen molar-refractivity contribution in [2.24, 2.45) is 5.73 Å². The van der Waals surface area contributed by atoms with Gasteiger partial charge in [0.2, 0.25) is 0 Å². The van der Waals surface area contributed by atoms with Crippen LogP contribution in [0.15, 0.2) is 24.3 Å². The van der Waals surface area contributed by atoms with E-state index >= 15 is 0 Å². The Morgan fingerprint density at radius 1 is 1.22 bits per heavy atom. The molecule has 0 bridgehead atoms. The number of ether oxygens (including phenoxy) is 3. The molecule has 0 aromatic heterocycles. The van der Waals surface area contributed by atoms with Crippen molar-refractivity contribution in [1.82, 2.24) is 0 Å². The van der Waals surface area contributed by atoms with Gasteiger partial charge in [-0.15, -0.1) is 0 Å². The Morgan fingerprint density at radius 3 is 2.50 bits per heavy atom. The van der Waals surface area contributed by atoms with Gasteiger partial charge in [-0.05, 0) is 6.07 Å². The van der Waals surface area contributed by atoms with Gasteiger partial charge < -0.3 is 19.9 Å². The molecule has 0 aliphatic carbocycles. The number of hydrogen-bond donors (Lipinski definition) is 1. The maximum absolute atomic E-state index is 6.43. The lowest BCUT2D eigenvalue weighted by Crippen LogP contribution is -2.47. The van der Waals surface area contributed by atoms with Crippen LogP contribution in [-0.2, 0) is 9.47 Å². The summed E-state index contributed by atoms with van der Waals surface area (Å²) in [6.07, 6.45) is 1.62. The molecule has 100 valence electrons. The average Bonchev–Trinajstić information content (AvgIpc) is 2.47. The maximum atomic E-state index is 6.43. The lowest BCUT2D eigenvalue weighted by molar-refractivity contribution is -0.105. The fourth-order valence-corrected chi connectivity index (χ4v) is 2.57. The summed E-state index contributed by atoms with van der Waals surface area (Å²) in [5.74, 6) is 0.813. The van der Waals surface area contributed by atoms with Crippen LogP contribution in [0.2, 0.25) is 0 Å². The smallest absolute Gasteiger partial charge is 0.123 e. The number of rotatable bonds is 4. The fourth-order valence-electron chi connectivity index (χ4n) is 2.57. The predicted octanol–water partition coefficient (Wildman–Crippen LogP) is 1.89. The number of para-hydroxylation sites is 1. The molecule has 1 aromatic rings. The van der Waals surface area contributed by atoms with Crippen molar-refractivity contribution in [3.05, 3.63) is 29.8 Å². The Morgan fingerprint density at radius 2 is 1.89 bits per heavy atom. The highest BCUT2D eigenvalue weighted by atomic mass is 16.5. The van der Waals surface area contributed by atoms with E-state index in [1.54, 1.807) is 14.2 Å². The van der Waals surface area contributed by atoms with Gasteiger partial charge in [0.25, 0.3) is 0 Å². The van der Waals surface area contributed by atoms with E-state index in [4.69, 9.17) is 19.9 Å². The topological polar surface area (TPSA) is 53.7 Å². The molecule has 1 aliphatic rings. The highest BCUT2D eigenvalue weighted by Crippen LogP contribution is 2.38. The fraction of sp³-hybridized carbons (Fsp3) is 0.571. The van der Waals surface area contributed by atoms with Crippen LogP contribution in [0, 0.1) is 0 Å². The molecule has 1 aromatic carbocycles. The zero-order chi connectivity index (χ0) is 13.0. The SMILES string of the molecule is COc1ccccc1C(N)C1(OC)CCOCC1. The van der Waals surface area contributed by atoms with Crippen molar-refractivity contribution in [3.8, 4) is 5.75 Å². The summed E-state index contributed by atoms with van der Waals surface area (Å²) in [6, 6.07) is 7.64. The van der Waals surface area contributed by atoms with Gasteiger partial charge in [-0.1, -0.05) is 18.2 Å². The molecule has 4 heteroatoms. The van der Waals surface area contributed by atoms with Crippen LogP contribution in [0.25, 0.3) is 0 Å². The summed E-state index contributed by atoms with van der Waals surface area (Å²) in [6.45, 7) is 1.38. The van der Waals surface area contributed by atoms with Gasteiger partial charge in [-0.2, -0.15) is 0 Å². The molecule has 0 amide bonds. The maximum Gasteiger partial charge on any atom is 0.123 e. The highest BCUT2D eigenvalue weighted by molar-refractivity contribution is 5.37. The van der Waals surface area contributed by atoms with Gasteiger partial charge in [0.1, 0.15) is 5.75 Å². The summed E-state index contributed by atoms with van der Waals surface area (Å²) in [4.78, 5) is 0. The molecular formula is C14H21NO3. The zero-order valence-electron chi connectivity index (χ0n) is 11.0. The third kappa shape index (κ3) is 2.36. The Labute approximate surface area is 108 Å². The van der Waals surface area contributed by atoms with E-state index in [1.165, 1.54) is 0 Å². The Kier molecular flexibility index (Phi) is 4.22. The first-order valence-corrected chi connectivity index (χ1v) is 6.25. The minimum absolute atomic E-state index is 0.206. The van der Waals surface area contributed by atoms with E-state index in [9.17, 15) is 0 Å². The van der Waals surface area contributed by atoms with Crippen molar-refractivity contribution in [2.75, 3.05) is 27.4 Å².